The van der Waals surface area contributed by atoms with E-state index < -0.39 is 0 Å². The van der Waals surface area contributed by atoms with E-state index in [1.165, 1.54) is 17.5 Å². The largest absolute Gasteiger partial charge is 0.497 e. The van der Waals surface area contributed by atoms with Gasteiger partial charge in [0.1, 0.15) is 12.3 Å². The summed E-state index contributed by atoms with van der Waals surface area (Å²) in [4.78, 5) is 30.5. The van der Waals surface area contributed by atoms with E-state index in [-0.39, 0.29) is 18.4 Å². The van der Waals surface area contributed by atoms with Crippen LogP contribution in [0.2, 0.25) is 0 Å². The molecule has 0 saturated carbocycles. The number of carbonyl (C=O) groups is 2. The molecule has 2 amide bonds. The summed E-state index contributed by atoms with van der Waals surface area (Å²) in [7, 11) is 1.58. The third-order valence-electron chi connectivity index (χ3n) is 4.79. The number of hydrogen-bond acceptors (Lipinski definition) is 4. The molecule has 1 saturated heterocycles. The number of carbonyl (C=O) groups excluding carboxylic acids is 2. The Hall–Kier alpha value is -3.02. The predicted octanol–water partition coefficient (Wildman–Crippen LogP) is 2.40. The van der Waals surface area contributed by atoms with Gasteiger partial charge in [0, 0.05) is 50.5 Å². The van der Waals surface area contributed by atoms with Gasteiger partial charge in [-0.2, -0.15) is 0 Å². The highest BCUT2D eigenvalue weighted by Crippen LogP contribution is 2.22. The molecule has 0 aromatic heterocycles. The van der Waals surface area contributed by atoms with Crippen LogP contribution in [0.15, 0.2) is 54.6 Å². The van der Waals surface area contributed by atoms with Crippen molar-refractivity contribution >= 4 is 23.2 Å². The van der Waals surface area contributed by atoms with Gasteiger partial charge in [0.05, 0.1) is 7.11 Å². The smallest absolute Gasteiger partial charge is 0.242 e. The van der Waals surface area contributed by atoms with Crippen molar-refractivity contribution in [3.8, 4) is 5.75 Å². The fraction of sp³-hybridized carbons (Fsp3) is 0.333. The molecule has 3 rings (SSSR count). The molecule has 1 aliphatic heterocycles. The molecule has 2 aromatic rings. The zero-order valence-electron chi connectivity index (χ0n) is 15.8. The van der Waals surface area contributed by atoms with E-state index in [1.807, 2.05) is 41.3 Å². The summed E-state index contributed by atoms with van der Waals surface area (Å²) >= 11 is 0. The highest BCUT2D eigenvalue weighted by molar-refractivity contribution is 5.97. The van der Waals surface area contributed by atoms with Crippen LogP contribution in [0.4, 0.5) is 11.4 Å². The average molecular weight is 367 g/mol. The second-order valence-corrected chi connectivity index (χ2v) is 6.51. The number of nitrogens with zero attached hydrogens (tertiary/aromatic N) is 3. The Morgan fingerprint density at radius 3 is 2.33 bits per heavy atom. The lowest BCUT2D eigenvalue weighted by molar-refractivity contribution is -0.131. The lowest BCUT2D eigenvalue weighted by Gasteiger charge is -2.37. The van der Waals surface area contributed by atoms with Crippen LogP contribution >= 0.6 is 0 Å². The maximum Gasteiger partial charge on any atom is 0.242 e. The van der Waals surface area contributed by atoms with Gasteiger partial charge in [0.15, 0.2) is 0 Å². The van der Waals surface area contributed by atoms with Crippen LogP contribution in [-0.4, -0.2) is 56.5 Å². The SMILES string of the molecule is COc1cccc(N(CC(=O)N2CCN(c3ccccc3)CC2)C(C)=O)c1. The summed E-state index contributed by atoms with van der Waals surface area (Å²) < 4.78 is 5.22. The maximum atomic E-state index is 12.8. The van der Waals surface area contributed by atoms with Crippen LogP contribution in [-0.2, 0) is 9.59 Å². The zero-order valence-corrected chi connectivity index (χ0v) is 15.8. The number of benzene rings is 2. The number of methoxy groups -OCH3 is 1. The molecule has 0 unspecified atom stereocenters. The van der Waals surface area contributed by atoms with Gasteiger partial charge in [-0.25, -0.2) is 0 Å². The first-order chi connectivity index (χ1) is 13.1. The van der Waals surface area contributed by atoms with Crippen molar-refractivity contribution in [3.63, 3.8) is 0 Å². The third kappa shape index (κ3) is 4.58. The molecule has 0 N–H and O–H groups in total. The Bertz CT molecular complexity index is 786. The molecule has 0 bridgehead atoms. The topological polar surface area (TPSA) is 53.1 Å². The van der Waals surface area contributed by atoms with Gasteiger partial charge >= 0.3 is 0 Å². The Morgan fingerprint density at radius 2 is 1.70 bits per heavy atom. The van der Waals surface area contributed by atoms with Crippen LogP contribution in [0.3, 0.4) is 0 Å². The fourth-order valence-electron chi connectivity index (χ4n) is 3.25. The molecule has 6 nitrogen and oxygen atoms in total. The number of ether oxygens (including phenoxy) is 1. The number of piperazine rings is 1. The summed E-state index contributed by atoms with van der Waals surface area (Å²) in [6.07, 6.45) is 0. The number of rotatable bonds is 5. The Kier molecular flexibility index (Phi) is 5.96. The van der Waals surface area contributed by atoms with E-state index in [0.717, 1.165) is 13.1 Å². The first kappa shape index (κ1) is 18.8. The van der Waals surface area contributed by atoms with E-state index in [0.29, 0.717) is 24.5 Å². The third-order valence-corrected chi connectivity index (χ3v) is 4.79. The average Bonchev–Trinajstić information content (AvgIpc) is 2.72. The van der Waals surface area contributed by atoms with Crippen LogP contribution in [0.5, 0.6) is 5.75 Å². The van der Waals surface area contributed by atoms with E-state index in [4.69, 9.17) is 4.74 Å². The molecular weight excluding hydrogens is 342 g/mol. The normalized spacial score (nSPS) is 14.0. The molecule has 2 aromatic carbocycles. The van der Waals surface area contributed by atoms with Crippen LogP contribution in [0, 0.1) is 0 Å². The first-order valence-corrected chi connectivity index (χ1v) is 9.08. The Labute approximate surface area is 159 Å². The maximum absolute atomic E-state index is 12.8. The second kappa shape index (κ2) is 8.58. The van der Waals surface area contributed by atoms with Crippen molar-refractivity contribution in [2.45, 2.75) is 6.92 Å². The molecule has 27 heavy (non-hydrogen) atoms. The fourth-order valence-corrected chi connectivity index (χ4v) is 3.25. The summed E-state index contributed by atoms with van der Waals surface area (Å²) in [6.45, 7) is 4.38. The molecule has 0 aliphatic carbocycles. The van der Waals surface area contributed by atoms with Crippen molar-refractivity contribution in [1.82, 2.24) is 4.90 Å². The monoisotopic (exact) mass is 367 g/mol. The van der Waals surface area contributed by atoms with Crippen molar-refractivity contribution in [1.29, 1.82) is 0 Å². The van der Waals surface area contributed by atoms with Gasteiger partial charge in [-0.05, 0) is 24.3 Å². The van der Waals surface area contributed by atoms with Crippen molar-refractivity contribution in [3.05, 3.63) is 54.6 Å². The molecule has 1 heterocycles. The van der Waals surface area contributed by atoms with Gasteiger partial charge in [0.25, 0.3) is 0 Å². The predicted molar refractivity (Wildman–Crippen MR) is 106 cm³/mol. The Balaban J connectivity index is 1.62. The van der Waals surface area contributed by atoms with Crippen molar-refractivity contribution in [2.24, 2.45) is 0 Å². The van der Waals surface area contributed by atoms with E-state index in [1.54, 1.807) is 13.2 Å². The minimum absolute atomic E-state index is 0.0356. The van der Waals surface area contributed by atoms with Gasteiger partial charge in [-0.1, -0.05) is 24.3 Å². The number of amides is 2. The standard InChI is InChI=1S/C21H25N3O3/c1-17(25)24(19-9-6-10-20(15-19)27-2)16-21(26)23-13-11-22(12-14-23)18-7-4-3-5-8-18/h3-10,15H,11-14,16H2,1-2H3. The van der Waals surface area contributed by atoms with E-state index >= 15 is 0 Å². The molecule has 1 aliphatic rings. The van der Waals surface area contributed by atoms with E-state index in [2.05, 4.69) is 17.0 Å². The van der Waals surface area contributed by atoms with Crippen LogP contribution in [0.25, 0.3) is 0 Å². The number of anilines is 2. The van der Waals surface area contributed by atoms with Crippen LogP contribution in [0.1, 0.15) is 6.92 Å². The minimum Gasteiger partial charge on any atom is -0.497 e. The first-order valence-electron chi connectivity index (χ1n) is 9.08. The highest BCUT2D eigenvalue weighted by Gasteiger charge is 2.24. The number of para-hydroxylation sites is 1. The quantitative estimate of drug-likeness (QED) is 0.814. The molecule has 142 valence electrons. The minimum atomic E-state index is -0.167. The molecule has 6 heteroatoms. The summed E-state index contributed by atoms with van der Waals surface area (Å²) in [5, 5.41) is 0. The summed E-state index contributed by atoms with van der Waals surface area (Å²) in [5.41, 5.74) is 1.84. The highest BCUT2D eigenvalue weighted by atomic mass is 16.5. The second-order valence-electron chi connectivity index (χ2n) is 6.51. The molecule has 1 fully saturated rings. The summed E-state index contributed by atoms with van der Waals surface area (Å²) in [6, 6.07) is 17.4. The van der Waals surface area contributed by atoms with Gasteiger partial charge in [-0.15, -0.1) is 0 Å². The van der Waals surface area contributed by atoms with Crippen molar-refractivity contribution < 1.29 is 14.3 Å². The lowest BCUT2D eigenvalue weighted by atomic mass is 10.2. The molecular formula is C21H25N3O3. The molecule has 0 spiro atoms. The van der Waals surface area contributed by atoms with E-state index in [9.17, 15) is 9.59 Å². The zero-order chi connectivity index (χ0) is 19.2. The molecule has 0 atom stereocenters. The van der Waals surface area contributed by atoms with Gasteiger partial charge < -0.3 is 19.4 Å². The number of hydrogen-bond donors (Lipinski definition) is 0. The lowest BCUT2D eigenvalue weighted by Crippen LogP contribution is -2.51. The van der Waals surface area contributed by atoms with Crippen molar-refractivity contribution in [2.75, 3.05) is 49.6 Å². The van der Waals surface area contributed by atoms with Crippen LogP contribution < -0.4 is 14.5 Å². The van der Waals surface area contributed by atoms with Gasteiger partial charge in [-0.3, -0.25) is 9.59 Å². The Morgan fingerprint density at radius 1 is 1.00 bits per heavy atom. The van der Waals surface area contributed by atoms with Gasteiger partial charge in [0.2, 0.25) is 11.8 Å². The molecule has 0 radical (unpaired) electrons. The summed E-state index contributed by atoms with van der Waals surface area (Å²) in [5.74, 6) is 0.447.